The van der Waals surface area contributed by atoms with E-state index >= 15 is 0 Å². The Hall–Kier alpha value is -2.08. The van der Waals surface area contributed by atoms with Crippen molar-refractivity contribution in [3.63, 3.8) is 0 Å². The highest BCUT2D eigenvalue weighted by Crippen LogP contribution is 2.11. The molecule has 1 heterocycles. The predicted molar refractivity (Wildman–Crippen MR) is 89.5 cm³/mol. The zero-order valence-corrected chi connectivity index (χ0v) is 13.7. The summed E-state index contributed by atoms with van der Waals surface area (Å²) in [7, 11) is 0. The summed E-state index contributed by atoms with van der Waals surface area (Å²) in [6.07, 6.45) is 2.22. The van der Waals surface area contributed by atoms with E-state index in [2.05, 4.69) is 16.0 Å². The second-order valence-electron chi connectivity index (χ2n) is 6.00. The van der Waals surface area contributed by atoms with Crippen molar-refractivity contribution in [2.75, 3.05) is 25.0 Å². The number of anilines is 1. The van der Waals surface area contributed by atoms with Crippen LogP contribution in [0.2, 0.25) is 0 Å². The number of amides is 2. The van der Waals surface area contributed by atoms with Crippen molar-refractivity contribution in [1.29, 1.82) is 0 Å². The van der Waals surface area contributed by atoms with E-state index in [0.717, 1.165) is 25.1 Å². The average molecular weight is 319 g/mol. The molecule has 6 heteroatoms. The monoisotopic (exact) mass is 319 g/mol. The molecular weight excluding hydrogens is 294 g/mol. The number of benzene rings is 1. The molecule has 0 saturated carbocycles. The summed E-state index contributed by atoms with van der Waals surface area (Å²) >= 11 is 0. The van der Waals surface area contributed by atoms with Crippen LogP contribution in [0.4, 0.5) is 5.69 Å². The molecule has 1 atom stereocenters. The minimum atomic E-state index is -0.0964. The van der Waals surface area contributed by atoms with Gasteiger partial charge < -0.3 is 20.7 Å². The van der Waals surface area contributed by atoms with E-state index in [4.69, 9.17) is 4.74 Å². The summed E-state index contributed by atoms with van der Waals surface area (Å²) < 4.78 is 5.46. The third-order valence-corrected chi connectivity index (χ3v) is 3.57. The maximum Gasteiger partial charge on any atom is 0.251 e. The molecular formula is C17H25N3O3. The predicted octanol–water partition coefficient (Wildman–Crippen LogP) is 1.53. The van der Waals surface area contributed by atoms with Gasteiger partial charge >= 0.3 is 0 Å². The summed E-state index contributed by atoms with van der Waals surface area (Å²) in [5, 5.41) is 8.73. The van der Waals surface area contributed by atoms with Crippen molar-refractivity contribution >= 4 is 17.5 Å². The molecule has 1 unspecified atom stereocenters. The smallest absolute Gasteiger partial charge is 0.251 e. The molecule has 0 radical (unpaired) electrons. The molecule has 3 N–H and O–H groups in total. The fourth-order valence-electron chi connectivity index (χ4n) is 2.36. The van der Waals surface area contributed by atoms with Gasteiger partial charge in [-0.05, 0) is 51.0 Å². The molecule has 23 heavy (non-hydrogen) atoms. The number of hydrogen-bond acceptors (Lipinski definition) is 4. The van der Waals surface area contributed by atoms with Crippen LogP contribution in [0.25, 0.3) is 0 Å². The topological polar surface area (TPSA) is 79.5 Å². The first-order chi connectivity index (χ1) is 11.0. The first kappa shape index (κ1) is 17.3. The van der Waals surface area contributed by atoms with Gasteiger partial charge in [0.05, 0.1) is 12.6 Å². The molecule has 0 bridgehead atoms. The van der Waals surface area contributed by atoms with Gasteiger partial charge in [-0.15, -0.1) is 0 Å². The molecule has 1 fully saturated rings. The summed E-state index contributed by atoms with van der Waals surface area (Å²) in [4.78, 5) is 23.6. The Morgan fingerprint density at radius 2 is 2.00 bits per heavy atom. The van der Waals surface area contributed by atoms with E-state index in [1.165, 1.54) is 0 Å². The van der Waals surface area contributed by atoms with E-state index in [1.54, 1.807) is 24.3 Å². The van der Waals surface area contributed by atoms with Gasteiger partial charge in [-0.1, -0.05) is 0 Å². The molecule has 1 aliphatic heterocycles. The summed E-state index contributed by atoms with van der Waals surface area (Å²) in [6.45, 7) is 5.39. The molecule has 1 aliphatic rings. The zero-order chi connectivity index (χ0) is 16.7. The Morgan fingerprint density at radius 1 is 1.26 bits per heavy atom. The molecule has 126 valence electrons. The Kier molecular flexibility index (Phi) is 6.40. The van der Waals surface area contributed by atoms with Crippen molar-refractivity contribution in [1.82, 2.24) is 10.6 Å². The molecule has 6 nitrogen and oxygen atoms in total. The largest absolute Gasteiger partial charge is 0.376 e. The molecule has 1 saturated heterocycles. The van der Waals surface area contributed by atoms with E-state index < -0.39 is 0 Å². The summed E-state index contributed by atoms with van der Waals surface area (Å²) in [5.41, 5.74) is 1.41. The van der Waals surface area contributed by atoms with Gasteiger partial charge in [0.2, 0.25) is 5.91 Å². The van der Waals surface area contributed by atoms with Crippen LogP contribution in [-0.4, -0.2) is 43.7 Å². The third kappa shape index (κ3) is 5.90. The van der Waals surface area contributed by atoms with Crippen LogP contribution in [0.15, 0.2) is 24.3 Å². The lowest BCUT2D eigenvalue weighted by Gasteiger charge is -2.12. The molecule has 0 spiro atoms. The van der Waals surface area contributed by atoms with Crippen molar-refractivity contribution in [3.8, 4) is 0 Å². The molecule has 1 aromatic carbocycles. The highest BCUT2D eigenvalue weighted by molar-refractivity contribution is 5.94. The first-order valence-electron chi connectivity index (χ1n) is 8.07. The van der Waals surface area contributed by atoms with Crippen LogP contribution in [0.1, 0.15) is 37.0 Å². The van der Waals surface area contributed by atoms with Crippen molar-refractivity contribution in [2.24, 2.45) is 0 Å². The van der Waals surface area contributed by atoms with Gasteiger partial charge in [0.15, 0.2) is 0 Å². The highest BCUT2D eigenvalue weighted by atomic mass is 16.5. The second kappa shape index (κ2) is 8.53. The Morgan fingerprint density at radius 3 is 2.61 bits per heavy atom. The van der Waals surface area contributed by atoms with Crippen LogP contribution in [-0.2, 0) is 9.53 Å². The number of carbonyl (C=O) groups excluding carboxylic acids is 2. The molecule has 1 aromatic rings. The van der Waals surface area contributed by atoms with Crippen LogP contribution in [0.5, 0.6) is 0 Å². The van der Waals surface area contributed by atoms with Crippen LogP contribution in [0, 0.1) is 0 Å². The number of rotatable bonds is 7. The average Bonchev–Trinajstić information content (AvgIpc) is 3.04. The number of hydrogen-bond donors (Lipinski definition) is 3. The lowest BCUT2D eigenvalue weighted by Crippen LogP contribution is -2.35. The van der Waals surface area contributed by atoms with Crippen LogP contribution < -0.4 is 16.0 Å². The molecule has 0 aromatic heterocycles. The van der Waals surface area contributed by atoms with E-state index in [-0.39, 0.29) is 30.5 Å². The summed E-state index contributed by atoms with van der Waals surface area (Å²) in [5.74, 6) is -0.164. The fraction of sp³-hybridized carbons (Fsp3) is 0.529. The third-order valence-electron chi connectivity index (χ3n) is 3.57. The standard InChI is InChI=1S/C17H25N3O3/c1-12(2)20-17(22)13-5-7-14(8-6-13)18-11-16(21)19-10-15-4-3-9-23-15/h5-8,12,15,18H,3-4,9-11H2,1-2H3,(H,19,21)(H,20,22). The Bertz CT molecular complexity index is 522. The number of ether oxygens (including phenoxy) is 1. The van der Waals surface area contributed by atoms with Crippen molar-refractivity contribution in [2.45, 2.75) is 38.8 Å². The van der Waals surface area contributed by atoms with Crippen molar-refractivity contribution < 1.29 is 14.3 Å². The van der Waals surface area contributed by atoms with Gasteiger partial charge in [0.25, 0.3) is 5.91 Å². The first-order valence-corrected chi connectivity index (χ1v) is 8.07. The molecule has 0 aliphatic carbocycles. The summed E-state index contributed by atoms with van der Waals surface area (Å²) in [6, 6.07) is 7.17. The number of nitrogens with one attached hydrogen (secondary N) is 3. The minimum absolute atomic E-state index is 0.0675. The fourth-order valence-corrected chi connectivity index (χ4v) is 2.36. The maximum atomic E-state index is 11.8. The van der Waals surface area contributed by atoms with E-state index in [9.17, 15) is 9.59 Å². The normalized spacial score (nSPS) is 17.1. The minimum Gasteiger partial charge on any atom is -0.376 e. The Labute approximate surface area is 137 Å². The van der Waals surface area contributed by atoms with Gasteiger partial charge in [0.1, 0.15) is 0 Å². The van der Waals surface area contributed by atoms with Crippen LogP contribution >= 0.6 is 0 Å². The van der Waals surface area contributed by atoms with Gasteiger partial charge in [-0.25, -0.2) is 0 Å². The quantitative estimate of drug-likeness (QED) is 0.712. The number of carbonyl (C=O) groups is 2. The maximum absolute atomic E-state index is 11.8. The van der Waals surface area contributed by atoms with Gasteiger partial charge in [0, 0.05) is 30.4 Å². The van der Waals surface area contributed by atoms with Crippen LogP contribution in [0.3, 0.4) is 0 Å². The van der Waals surface area contributed by atoms with Crippen molar-refractivity contribution in [3.05, 3.63) is 29.8 Å². The molecule has 2 rings (SSSR count). The van der Waals surface area contributed by atoms with Gasteiger partial charge in [-0.2, -0.15) is 0 Å². The van der Waals surface area contributed by atoms with Gasteiger partial charge in [-0.3, -0.25) is 9.59 Å². The highest BCUT2D eigenvalue weighted by Gasteiger charge is 2.15. The van der Waals surface area contributed by atoms with E-state index in [1.807, 2.05) is 13.8 Å². The SMILES string of the molecule is CC(C)NC(=O)c1ccc(NCC(=O)NCC2CCCO2)cc1. The zero-order valence-electron chi connectivity index (χ0n) is 13.7. The Balaban J connectivity index is 1.72. The lowest BCUT2D eigenvalue weighted by molar-refractivity contribution is -0.119. The lowest BCUT2D eigenvalue weighted by atomic mass is 10.2. The van der Waals surface area contributed by atoms with E-state index in [0.29, 0.717) is 12.1 Å². The second-order valence-corrected chi connectivity index (χ2v) is 6.00. The molecule has 2 amide bonds.